The third kappa shape index (κ3) is 1.66. The van der Waals surface area contributed by atoms with E-state index in [1.54, 1.807) is 11.1 Å². The summed E-state index contributed by atoms with van der Waals surface area (Å²) in [5, 5.41) is 2.78. The highest BCUT2D eigenvalue weighted by molar-refractivity contribution is 6.07. The van der Waals surface area contributed by atoms with Crippen molar-refractivity contribution in [2.24, 2.45) is 11.3 Å². The molecule has 0 spiro atoms. The van der Waals surface area contributed by atoms with Crippen LogP contribution in [-0.4, -0.2) is 4.98 Å². The summed E-state index contributed by atoms with van der Waals surface area (Å²) in [6, 6.07) is 13.7. The highest BCUT2D eigenvalue weighted by Gasteiger charge is 2.53. The number of hydrogen-bond acceptors (Lipinski definition) is 0. The van der Waals surface area contributed by atoms with E-state index in [-0.39, 0.29) is 0 Å². The Balaban J connectivity index is 1.81. The molecule has 0 saturated heterocycles. The van der Waals surface area contributed by atoms with Crippen LogP contribution in [0.2, 0.25) is 0 Å². The largest absolute Gasteiger partial charge is 0.355 e. The number of H-pyrrole nitrogens is 1. The first-order chi connectivity index (χ1) is 11.5. The van der Waals surface area contributed by atoms with Gasteiger partial charge in [0.2, 0.25) is 0 Å². The molecule has 1 aromatic heterocycles. The summed E-state index contributed by atoms with van der Waals surface area (Å²) in [7, 11) is 0. The van der Waals surface area contributed by atoms with E-state index in [1.165, 1.54) is 53.9 Å². The third-order valence-corrected chi connectivity index (χ3v) is 7.90. The monoisotopic (exact) mass is 317 g/mol. The molecule has 0 unspecified atom stereocenters. The summed E-state index contributed by atoms with van der Waals surface area (Å²) in [6.45, 7) is 7.62. The molecule has 1 heteroatoms. The molecule has 2 aliphatic rings. The molecule has 0 aliphatic heterocycles. The number of para-hydroxylation sites is 1. The number of hydrogen-bond donors (Lipinski definition) is 1. The van der Waals surface area contributed by atoms with Gasteiger partial charge in [0.05, 0.1) is 0 Å². The molecule has 0 bridgehead atoms. The lowest BCUT2D eigenvalue weighted by atomic mass is 9.47. The summed E-state index contributed by atoms with van der Waals surface area (Å²) >= 11 is 0. The summed E-state index contributed by atoms with van der Waals surface area (Å²) in [4.78, 5) is 3.63. The minimum Gasteiger partial charge on any atom is -0.355 e. The molecule has 2 aromatic carbocycles. The van der Waals surface area contributed by atoms with Gasteiger partial charge in [0.1, 0.15) is 0 Å². The number of aromatic amines is 1. The zero-order valence-electron chi connectivity index (χ0n) is 15.1. The smallest absolute Gasteiger partial charge is 0.0467 e. The van der Waals surface area contributed by atoms with Crippen molar-refractivity contribution in [1.82, 2.24) is 4.98 Å². The standard InChI is InChI=1S/C23H27N/c1-15-7-6-11-23(3)19-14-18-17-8-4-5-9-20(17)24-21(18)13-16(19)10-12-22(15,23)2/h4-5,8-9,13-15,24H,6-7,10-12H2,1-3H3/t15-,22+,23+/m1/s1. The molecule has 1 saturated carbocycles. The van der Waals surface area contributed by atoms with E-state index >= 15 is 0 Å². The zero-order valence-corrected chi connectivity index (χ0v) is 15.1. The number of aromatic nitrogens is 1. The Morgan fingerprint density at radius 2 is 1.83 bits per heavy atom. The first-order valence-electron chi connectivity index (χ1n) is 9.57. The SMILES string of the molecule is C[C@@H]1CCC[C@@]2(C)c3cc4c(cc3CC[C@@]12C)[nH]c1ccccc14. The van der Waals surface area contributed by atoms with Crippen LogP contribution in [0.3, 0.4) is 0 Å². The first-order valence-corrected chi connectivity index (χ1v) is 9.57. The number of nitrogens with one attached hydrogen (secondary N) is 1. The molecule has 3 atom stereocenters. The van der Waals surface area contributed by atoms with Crippen molar-refractivity contribution in [3.63, 3.8) is 0 Å². The summed E-state index contributed by atoms with van der Waals surface area (Å²) in [5.74, 6) is 0.822. The van der Waals surface area contributed by atoms with E-state index < -0.39 is 0 Å². The fourth-order valence-electron chi connectivity index (χ4n) is 5.93. The fraction of sp³-hybridized carbons (Fsp3) is 0.478. The van der Waals surface area contributed by atoms with Crippen LogP contribution in [0.4, 0.5) is 0 Å². The van der Waals surface area contributed by atoms with Gasteiger partial charge in [-0.3, -0.25) is 0 Å². The van der Waals surface area contributed by atoms with E-state index in [0.717, 1.165) is 5.92 Å². The molecule has 0 amide bonds. The fourth-order valence-corrected chi connectivity index (χ4v) is 5.93. The van der Waals surface area contributed by atoms with Crippen LogP contribution in [0.15, 0.2) is 36.4 Å². The van der Waals surface area contributed by atoms with Crippen LogP contribution >= 0.6 is 0 Å². The van der Waals surface area contributed by atoms with Gasteiger partial charge in [0.15, 0.2) is 0 Å². The Bertz CT molecular complexity index is 949. The number of rotatable bonds is 0. The van der Waals surface area contributed by atoms with Crippen LogP contribution in [0.1, 0.15) is 57.6 Å². The Labute approximate surface area is 144 Å². The van der Waals surface area contributed by atoms with Gasteiger partial charge in [-0.25, -0.2) is 0 Å². The second kappa shape index (κ2) is 4.65. The highest BCUT2D eigenvalue weighted by atomic mass is 14.7. The molecular weight excluding hydrogens is 290 g/mol. The second-order valence-electron chi connectivity index (χ2n) is 8.77. The summed E-state index contributed by atoms with van der Waals surface area (Å²) in [5.41, 5.74) is 6.57. The van der Waals surface area contributed by atoms with E-state index in [4.69, 9.17) is 0 Å². The molecular formula is C23H27N. The van der Waals surface area contributed by atoms with Gasteiger partial charge in [-0.1, -0.05) is 51.8 Å². The average molecular weight is 317 g/mol. The summed E-state index contributed by atoms with van der Waals surface area (Å²) in [6.07, 6.45) is 6.69. The van der Waals surface area contributed by atoms with Crippen molar-refractivity contribution in [1.29, 1.82) is 0 Å². The first kappa shape index (κ1) is 14.6. The van der Waals surface area contributed by atoms with Crippen molar-refractivity contribution < 1.29 is 0 Å². The molecule has 1 nitrogen and oxygen atoms in total. The van der Waals surface area contributed by atoms with E-state index in [1.807, 2.05) is 0 Å². The van der Waals surface area contributed by atoms with Gasteiger partial charge >= 0.3 is 0 Å². The Kier molecular flexibility index (Phi) is 2.83. The van der Waals surface area contributed by atoms with Gasteiger partial charge in [0, 0.05) is 21.8 Å². The molecule has 5 rings (SSSR count). The molecule has 124 valence electrons. The Morgan fingerprint density at radius 3 is 2.71 bits per heavy atom. The van der Waals surface area contributed by atoms with Crippen LogP contribution in [-0.2, 0) is 11.8 Å². The minimum absolute atomic E-state index is 0.324. The van der Waals surface area contributed by atoms with Crippen LogP contribution in [0.5, 0.6) is 0 Å². The lowest BCUT2D eigenvalue weighted by Gasteiger charge is -2.57. The van der Waals surface area contributed by atoms with E-state index in [9.17, 15) is 0 Å². The second-order valence-corrected chi connectivity index (χ2v) is 8.77. The predicted octanol–water partition coefficient (Wildman–Crippen LogP) is 6.35. The van der Waals surface area contributed by atoms with Crippen LogP contribution < -0.4 is 0 Å². The number of benzene rings is 2. The number of fused-ring (bicyclic) bond motifs is 6. The van der Waals surface area contributed by atoms with Gasteiger partial charge in [-0.15, -0.1) is 0 Å². The van der Waals surface area contributed by atoms with Crippen LogP contribution in [0.25, 0.3) is 21.8 Å². The topological polar surface area (TPSA) is 15.8 Å². The zero-order chi connectivity index (χ0) is 16.5. The van der Waals surface area contributed by atoms with Crippen molar-refractivity contribution in [3.8, 4) is 0 Å². The predicted molar refractivity (Wildman–Crippen MR) is 103 cm³/mol. The third-order valence-electron chi connectivity index (χ3n) is 7.90. The van der Waals surface area contributed by atoms with E-state index in [0.29, 0.717) is 10.8 Å². The number of aryl methyl sites for hydroxylation is 1. The Hall–Kier alpha value is -1.76. The van der Waals surface area contributed by atoms with Gasteiger partial charge in [-0.05, 0) is 65.3 Å². The van der Waals surface area contributed by atoms with Crippen molar-refractivity contribution >= 4 is 21.8 Å². The molecule has 0 radical (unpaired) electrons. The molecule has 2 aliphatic carbocycles. The van der Waals surface area contributed by atoms with Crippen molar-refractivity contribution in [2.45, 2.75) is 58.3 Å². The maximum atomic E-state index is 3.63. The van der Waals surface area contributed by atoms with Gasteiger partial charge in [-0.2, -0.15) is 0 Å². The van der Waals surface area contributed by atoms with Crippen molar-refractivity contribution in [3.05, 3.63) is 47.5 Å². The minimum atomic E-state index is 0.324. The average Bonchev–Trinajstić information content (AvgIpc) is 2.94. The summed E-state index contributed by atoms with van der Waals surface area (Å²) < 4.78 is 0. The molecule has 3 aromatic rings. The lowest BCUT2D eigenvalue weighted by Crippen LogP contribution is -2.51. The maximum Gasteiger partial charge on any atom is 0.0467 e. The quantitative estimate of drug-likeness (QED) is 0.497. The highest BCUT2D eigenvalue weighted by Crippen LogP contribution is 2.60. The molecule has 1 fully saturated rings. The normalized spacial score (nSPS) is 32.7. The maximum absolute atomic E-state index is 3.63. The van der Waals surface area contributed by atoms with Crippen LogP contribution in [0, 0.1) is 11.3 Å². The molecule has 1 heterocycles. The Morgan fingerprint density at radius 1 is 1.00 bits per heavy atom. The van der Waals surface area contributed by atoms with Gasteiger partial charge in [0.25, 0.3) is 0 Å². The molecule has 24 heavy (non-hydrogen) atoms. The lowest BCUT2D eigenvalue weighted by molar-refractivity contribution is 0.0110. The molecule has 1 N–H and O–H groups in total. The van der Waals surface area contributed by atoms with Crippen molar-refractivity contribution in [2.75, 3.05) is 0 Å². The van der Waals surface area contributed by atoms with Gasteiger partial charge < -0.3 is 4.98 Å². The van der Waals surface area contributed by atoms with E-state index in [2.05, 4.69) is 62.2 Å².